The number of carbonyl (C=O) groups excluding carboxylic acids is 1. The lowest BCUT2D eigenvalue weighted by atomic mass is 9.86. The van der Waals surface area contributed by atoms with Crippen LogP contribution < -0.4 is 10.1 Å². The van der Waals surface area contributed by atoms with Crippen molar-refractivity contribution in [1.82, 2.24) is 10.3 Å². The molecule has 0 bridgehead atoms. The predicted octanol–water partition coefficient (Wildman–Crippen LogP) is 5.20. The topological polar surface area (TPSA) is 60.5 Å². The number of pyridine rings is 1. The lowest BCUT2D eigenvalue weighted by molar-refractivity contribution is 0.0401. The van der Waals surface area contributed by atoms with Gasteiger partial charge in [0.1, 0.15) is 11.6 Å². The van der Waals surface area contributed by atoms with Crippen molar-refractivity contribution in [3.63, 3.8) is 0 Å². The van der Waals surface area contributed by atoms with Crippen molar-refractivity contribution in [1.29, 1.82) is 0 Å². The first-order valence-electron chi connectivity index (χ1n) is 11.1. The molecule has 1 heterocycles. The van der Waals surface area contributed by atoms with Crippen LogP contribution in [0.4, 0.5) is 4.39 Å². The summed E-state index contributed by atoms with van der Waals surface area (Å²) in [6, 6.07) is 13.2. The molecule has 0 aliphatic heterocycles. The summed E-state index contributed by atoms with van der Waals surface area (Å²) in [5.41, 5.74) is 2.89. The summed E-state index contributed by atoms with van der Waals surface area (Å²) in [5.74, 6) is 0.587. The van der Waals surface area contributed by atoms with Gasteiger partial charge in [-0.1, -0.05) is 12.1 Å². The fourth-order valence-electron chi connectivity index (χ4n) is 4.17. The smallest absolute Gasteiger partial charge is 0.339 e. The number of nitrogens with one attached hydrogen (secondary N) is 1. The van der Waals surface area contributed by atoms with Crippen LogP contribution >= 0.6 is 0 Å². The summed E-state index contributed by atoms with van der Waals surface area (Å²) < 4.78 is 24.5. The Morgan fingerprint density at radius 3 is 2.69 bits per heavy atom. The van der Waals surface area contributed by atoms with Gasteiger partial charge in [0.05, 0.1) is 24.8 Å². The molecule has 1 aromatic heterocycles. The minimum absolute atomic E-state index is 0.157. The molecule has 3 aromatic rings. The van der Waals surface area contributed by atoms with Crippen LogP contribution in [0.3, 0.4) is 0 Å². The zero-order chi connectivity index (χ0) is 22.5. The van der Waals surface area contributed by atoms with Crippen molar-refractivity contribution in [2.24, 2.45) is 5.92 Å². The number of nitrogens with zero attached hydrogens (tertiary/aromatic N) is 1. The van der Waals surface area contributed by atoms with E-state index < -0.39 is 0 Å². The molecule has 0 radical (unpaired) electrons. The van der Waals surface area contributed by atoms with Crippen LogP contribution in [0.15, 0.2) is 48.7 Å². The van der Waals surface area contributed by atoms with Gasteiger partial charge in [-0.15, -0.1) is 0 Å². The first kappa shape index (κ1) is 22.2. The monoisotopic (exact) mass is 436 g/mol. The Kier molecular flexibility index (Phi) is 7.00. The second kappa shape index (κ2) is 10.1. The molecular formula is C26H29FN2O3. The molecule has 0 atom stereocenters. The van der Waals surface area contributed by atoms with Crippen molar-refractivity contribution in [2.45, 2.75) is 45.2 Å². The predicted molar refractivity (Wildman–Crippen MR) is 122 cm³/mol. The normalized spacial score (nSPS) is 18.5. The molecule has 2 aromatic carbocycles. The minimum Gasteiger partial charge on any atom is -0.497 e. The third-order valence-electron chi connectivity index (χ3n) is 6.25. The molecule has 0 saturated heterocycles. The molecule has 4 rings (SSSR count). The maximum absolute atomic E-state index is 13.7. The highest BCUT2D eigenvalue weighted by atomic mass is 19.1. The van der Waals surface area contributed by atoms with Crippen LogP contribution in [0.25, 0.3) is 10.9 Å². The van der Waals surface area contributed by atoms with Crippen LogP contribution in [0.2, 0.25) is 0 Å². The third kappa shape index (κ3) is 5.43. The van der Waals surface area contributed by atoms with E-state index in [9.17, 15) is 9.18 Å². The van der Waals surface area contributed by atoms with E-state index in [2.05, 4.69) is 10.3 Å². The highest BCUT2D eigenvalue weighted by molar-refractivity contribution is 5.93. The summed E-state index contributed by atoms with van der Waals surface area (Å²) >= 11 is 0. The molecule has 1 saturated carbocycles. The van der Waals surface area contributed by atoms with Gasteiger partial charge in [0.2, 0.25) is 0 Å². The van der Waals surface area contributed by atoms with Crippen molar-refractivity contribution in [3.05, 3.63) is 71.2 Å². The van der Waals surface area contributed by atoms with Crippen molar-refractivity contribution >= 4 is 16.9 Å². The van der Waals surface area contributed by atoms with Crippen LogP contribution in [0.5, 0.6) is 5.75 Å². The van der Waals surface area contributed by atoms with Gasteiger partial charge in [-0.05, 0) is 80.0 Å². The summed E-state index contributed by atoms with van der Waals surface area (Å²) in [6.45, 7) is 2.86. The van der Waals surface area contributed by atoms with E-state index in [1.165, 1.54) is 0 Å². The fourth-order valence-corrected chi connectivity index (χ4v) is 4.17. The van der Waals surface area contributed by atoms with E-state index in [1.54, 1.807) is 32.4 Å². The molecule has 1 N–H and O–H groups in total. The van der Waals surface area contributed by atoms with Crippen molar-refractivity contribution in [2.75, 3.05) is 13.7 Å². The Labute approximate surface area is 188 Å². The van der Waals surface area contributed by atoms with E-state index >= 15 is 0 Å². The number of ether oxygens (including phenoxy) is 2. The summed E-state index contributed by atoms with van der Waals surface area (Å²) in [6.07, 6.45) is 5.61. The summed E-state index contributed by atoms with van der Waals surface area (Å²) in [4.78, 5) is 16.9. The Bertz CT molecular complexity index is 1090. The van der Waals surface area contributed by atoms with Gasteiger partial charge in [0.15, 0.2) is 0 Å². The number of aromatic nitrogens is 1. The molecular weight excluding hydrogens is 407 g/mol. The standard InChI is InChI=1S/C26H29FN2O3/c1-17-3-4-19(11-24(17)27)14-28-22-7-5-18(6-8-22)16-32-26(30)21-12-20-13-23(31-2)9-10-25(20)29-15-21/h3-4,9-13,15,18,22,28H,5-8,14,16H2,1-2H3. The zero-order valence-electron chi connectivity index (χ0n) is 18.6. The Balaban J connectivity index is 1.23. The average molecular weight is 437 g/mol. The van der Waals surface area contributed by atoms with Gasteiger partial charge in [0.25, 0.3) is 0 Å². The average Bonchev–Trinajstić information content (AvgIpc) is 2.83. The van der Waals surface area contributed by atoms with Crippen molar-refractivity contribution < 1.29 is 18.7 Å². The lowest BCUT2D eigenvalue weighted by Crippen LogP contribution is -2.34. The molecule has 32 heavy (non-hydrogen) atoms. The van der Waals surface area contributed by atoms with Gasteiger partial charge < -0.3 is 14.8 Å². The van der Waals surface area contributed by atoms with Crippen LogP contribution in [-0.4, -0.2) is 30.7 Å². The van der Waals surface area contributed by atoms with Crippen LogP contribution in [0.1, 0.15) is 47.2 Å². The Morgan fingerprint density at radius 1 is 1.12 bits per heavy atom. The maximum Gasteiger partial charge on any atom is 0.339 e. The molecule has 5 nitrogen and oxygen atoms in total. The van der Waals surface area contributed by atoms with E-state index in [0.717, 1.165) is 47.9 Å². The number of carbonyl (C=O) groups is 1. The van der Waals surface area contributed by atoms with Gasteiger partial charge in [0, 0.05) is 24.2 Å². The highest BCUT2D eigenvalue weighted by Crippen LogP contribution is 2.26. The minimum atomic E-state index is -0.344. The molecule has 0 spiro atoms. The number of methoxy groups -OCH3 is 1. The van der Waals surface area contributed by atoms with Gasteiger partial charge in [-0.2, -0.15) is 0 Å². The van der Waals surface area contributed by atoms with E-state index in [0.29, 0.717) is 36.2 Å². The number of esters is 1. The summed E-state index contributed by atoms with van der Waals surface area (Å²) in [7, 11) is 1.61. The number of rotatable bonds is 7. The van der Waals surface area contributed by atoms with E-state index in [-0.39, 0.29) is 11.8 Å². The van der Waals surface area contributed by atoms with Crippen LogP contribution in [-0.2, 0) is 11.3 Å². The third-order valence-corrected chi connectivity index (χ3v) is 6.25. The lowest BCUT2D eigenvalue weighted by Gasteiger charge is -2.29. The quantitative estimate of drug-likeness (QED) is 0.516. The SMILES string of the molecule is COc1ccc2ncc(C(=O)OCC3CCC(NCc4ccc(C)c(F)c4)CC3)cc2c1. The number of hydrogen-bond acceptors (Lipinski definition) is 5. The molecule has 1 aliphatic rings. The number of halogens is 1. The largest absolute Gasteiger partial charge is 0.497 e. The molecule has 0 amide bonds. The zero-order valence-corrected chi connectivity index (χ0v) is 18.6. The Hall–Kier alpha value is -2.99. The number of benzene rings is 2. The first-order valence-corrected chi connectivity index (χ1v) is 11.1. The summed E-state index contributed by atoms with van der Waals surface area (Å²) in [5, 5.41) is 4.38. The van der Waals surface area contributed by atoms with E-state index in [1.807, 2.05) is 30.3 Å². The highest BCUT2D eigenvalue weighted by Gasteiger charge is 2.22. The van der Waals surface area contributed by atoms with Gasteiger partial charge in [-0.3, -0.25) is 4.98 Å². The number of hydrogen-bond donors (Lipinski definition) is 1. The maximum atomic E-state index is 13.7. The molecule has 168 valence electrons. The molecule has 1 aliphatic carbocycles. The number of aryl methyl sites for hydroxylation is 1. The number of fused-ring (bicyclic) bond motifs is 1. The van der Waals surface area contributed by atoms with E-state index in [4.69, 9.17) is 9.47 Å². The van der Waals surface area contributed by atoms with Crippen LogP contribution in [0, 0.1) is 18.7 Å². The van der Waals surface area contributed by atoms with Gasteiger partial charge >= 0.3 is 5.97 Å². The first-order chi connectivity index (χ1) is 15.5. The Morgan fingerprint density at radius 2 is 1.94 bits per heavy atom. The van der Waals surface area contributed by atoms with Gasteiger partial charge in [-0.25, -0.2) is 9.18 Å². The van der Waals surface area contributed by atoms with Crippen molar-refractivity contribution in [3.8, 4) is 5.75 Å². The fraction of sp³-hybridized carbons (Fsp3) is 0.385. The second-order valence-corrected chi connectivity index (χ2v) is 8.56. The molecule has 1 fully saturated rings. The second-order valence-electron chi connectivity index (χ2n) is 8.56. The molecule has 0 unspecified atom stereocenters. The molecule has 6 heteroatoms.